The van der Waals surface area contributed by atoms with Gasteiger partial charge in [-0.3, -0.25) is 14.6 Å². The molecule has 1 N–H and O–H groups in total. The van der Waals surface area contributed by atoms with E-state index in [2.05, 4.69) is 10.3 Å². The first-order valence-electron chi connectivity index (χ1n) is 2.98. The highest BCUT2D eigenvalue weighted by Gasteiger charge is 1.91. The van der Waals surface area contributed by atoms with Crippen LogP contribution in [0.3, 0.4) is 0 Å². The second-order valence-electron chi connectivity index (χ2n) is 1.85. The number of amides is 1. The van der Waals surface area contributed by atoms with Crippen LogP contribution in [0.25, 0.3) is 0 Å². The second kappa shape index (κ2) is 3.46. The molecule has 0 unspecified atom stereocenters. The van der Waals surface area contributed by atoms with Crippen molar-refractivity contribution in [3.63, 3.8) is 0 Å². The predicted molar refractivity (Wildman–Crippen MR) is 39.3 cm³/mol. The van der Waals surface area contributed by atoms with Crippen LogP contribution < -0.4 is 5.32 Å². The fraction of sp³-hybridized carbons (Fsp3) is 0. The van der Waals surface area contributed by atoms with E-state index < -0.39 is 0 Å². The van der Waals surface area contributed by atoms with E-state index in [9.17, 15) is 9.59 Å². The standard InChI is InChI=1S/C7H6N2O2/c10-4-7-2-1-6(3-8-7)9-5-11/h1-5H,(H,9,11). The molecule has 0 aliphatic rings. The topological polar surface area (TPSA) is 59.1 Å². The normalized spacial score (nSPS) is 8.73. The summed E-state index contributed by atoms with van der Waals surface area (Å²) in [5.41, 5.74) is 0.923. The van der Waals surface area contributed by atoms with Crippen LogP contribution in [0.2, 0.25) is 0 Å². The molecule has 4 nitrogen and oxygen atoms in total. The van der Waals surface area contributed by atoms with Crippen molar-refractivity contribution in [1.82, 2.24) is 4.98 Å². The molecule has 1 heterocycles. The lowest BCUT2D eigenvalue weighted by atomic mass is 10.3. The third-order valence-electron chi connectivity index (χ3n) is 1.13. The largest absolute Gasteiger partial charge is 0.327 e. The SMILES string of the molecule is O=CNc1ccc(C=O)nc1. The first-order chi connectivity index (χ1) is 5.36. The third kappa shape index (κ3) is 1.86. The number of nitrogens with zero attached hydrogens (tertiary/aromatic N) is 1. The number of aldehydes is 1. The van der Waals surface area contributed by atoms with Gasteiger partial charge in [-0.2, -0.15) is 0 Å². The Morgan fingerprint density at radius 3 is 2.64 bits per heavy atom. The number of hydrogen-bond acceptors (Lipinski definition) is 3. The predicted octanol–water partition coefficient (Wildman–Crippen LogP) is 0.462. The van der Waals surface area contributed by atoms with Gasteiger partial charge in [-0.15, -0.1) is 0 Å². The Kier molecular flexibility index (Phi) is 2.32. The van der Waals surface area contributed by atoms with Gasteiger partial charge in [-0.25, -0.2) is 0 Å². The lowest BCUT2D eigenvalue weighted by Crippen LogP contribution is -1.95. The quantitative estimate of drug-likeness (QED) is 0.637. The van der Waals surface area contributed by atoms with Crippen molar-refractivity contribution in [2.24, 2.45) is 0 Å². The summed E-state index contributed by atoms with van der Waals surface area (Å²) in [6.45, 7) is 0. The molecule has 56 valence electrons. The Morgan fingerprint density at radius 1 is 1.36 bits per heavy atom. The number of nitrogens with one attached hydrogen (secondary N) is 1. The molecule has 1 aromatic heterocycles. The van der Waals surface area contributed by atoms with E-state index in [1.807, 2.05) is 0 Å². The third-order valence-corrected chi connectivity index (χ3v) is 1.13. The van der Waals surface area contributed by atoms with Crippen molar-refractivity contribution in [3.05, 3.63) is 24.0 Å². The minimum absolute atomic E-state index is 0.349. The van der Waals surface area contributed by atoms with Crippen molar-refractivity contribution < 1.29 is 9.59 Å². The van der Waals surface area contributed by atoms with E-state index in [0.717, 1.165) is 0 Å². The molecule has 0 atom stereocenters. The summed E-state index contributed by atoms with van der Waals surface area (Å²) in [5.74, 6) is 0. The fourth-order valence-electron chi connectivity index (χ4n) is 0.628. The number of carbonyl (C=O) groups is 2. The molecule has 4 heteroatoms. The summed E-state index contributed by atoms with van der Waals surface area (Å²) in [6.07, 6.45) is 2.61. The van der Waals surface area contributed by atoms with Gasteiger partial charge in [0.1, 0.15) is 5.69 Å². The van der Waals surface area contributed by atoms with Gasteiger partial charge in [0.15, 0.2) is 6.29 Å². The van der Waals surface area contributed by atoms with E-state index in [1.54, 1.807) is 6.07 Å². The van der Waals surface area contributed by atoms with Crippen LogP contribution in [0.15, 0.2) is 18.3 Å². The van der Waals surface area contributed by atoms with Crippen molar-refractivity contribution >= 4 is 18.4 Å². The molecule has 0 aliphatic heterocycles. The molecule has 0 bridgehead atoms. The van der Waals surface area contributed by atoms with Gasteiger partial charge in [0, 0.05) is 0 Å². The lowest BCUT2D eigenvalue weighted by molar-refractivity contribution is -0.105. The first-order valence-corrected chi connectivity index (χ1v) is 2.98. The van der Waals surface area contributed by atoms with Gasteiger partial charge in [-0.1, -0.05) is 0 Å². The fourth-order valence-corrected chi connectivity index (χ4v) is 0.628. The summed E-state index contributed by atoms with van der Waals surface area (Å²) >= 11 is 0. The van der Waals surface area contributed by atoms with Crippen molar-refractivity contribution in [3.8, 4) is 0 Å². The zero-order valence-corrected chi connectivity index (χ0v) is 5.65. The highest BCUT2D eigenvalue weighted by molar-refractivity contribution is 5.74. The Balaban J connectivity index is 2.81. The van der Waals surface area contributed by atoms with Crippen molar-refractivity contribution in [2.45, 2.75) is 0 Å². The Bertz CT molecular complexity index is 256. The van der Waals surface area contributed by atoms with Crippen LogP contribution in [0.4, 0.5) is 5.69 Å². The average Bonchev–Trinajstić information content (AvgIpc) is 2.07. The van der Waals surface area contributed by atoms with Crippen LogP contribution in [0.5, 0.6) is 0 Å². The second-order valence-corrected chi connectivity index (χ2v) is 1.85. The summed E-state index contributed by atoms with van der Waals surface area (Å²) in [7, 11) is 0. The van der Waals surface area contributed by atoms with E-state index >= 15 is 0 Å². The van der Waals surface area contributed by atoms with Gasteiger partial charge in [0.25, 0.3) is 0 Å². The van der Waals surface area contributed by atoms with E-state index in [1.165, 1.54) is 12.3 Å². The highest BCUT2D eigenvalue weighted by atomic mass is 16.1. The monoisotopic (exact) mass is 150 g/mol. The number of pyridine rings is 1. The van der Waals surface area contributed by atoms with Crippen LogP contribution in [0.1, 0.15) is 10.5 Å². The molecule has 0 aliphatic carbocycles. The summed E-state index contributed by atoms with van der Waals surface area (Å²) in [6, 6.07) is 3.13. The molecule has 1 rings (SSSR count). The van der Waals surface area contributed by atoms with Gasteiger partial charge >= 0.3 is 0 Å². The van der Waals surface area contributed by atoms with E-state index in [4.69, 9.17) is 0 Å². The molecule has 0 fully saturated rings. The lowest BCUT2D eigenvalue weighted by Gasteiger charge is -1.95. The molecule has 0 radical (unpaired) electrons. The van der Waals surface area contributed by atoms with Gasteiger partial charge < -0.3 is 5.32 Å². The molecule has 0 saturated heterocycles. The molecular weight excluding hydrogens is 144 g/mol. The van der Waals surface area contributed by atoms with Gasteiger partial charge in [-0.05, 0) is 12.1 Å². The number of rotatable bonds is 3. The van der Waals surface area contributed by atoms with Gasteiger partial charge in [0.05, 0.1) is 11.9 Å². The molecule has 0 saturated carbocycles. The minimum Gasteiger partial charge on any atom is -0.327 e. The Morgan fingerprint density at radius 2 is 2.18 bits per heavy atom. The average molecular weight is 150 g/mol. The number of hydrogen-bond donors (Lipinski definition) is 1. The van der Waals surface area contributed by atoms with Crippen LogP contribution in [-0.2, 0) is 4.79 Å². The maximum atomic E-state index is 10.1. The Labute approximate surface area is 63.3 Å². The molecule has 0 aromatic carbocycles. The first kappa shape index (κ1) is 7.40. The molecular formula is C7H6N2O2. The maximum Gasteiger partial charge on any atom is 0.211 e. The number of anilines is 1. The summed E-state index contributed by atoms with van der Waals surface area (Å²) in [4.78, 5) is 23.8. The Hall–Kier alpha value is -1.71. The smallest absolute Gasteiger partial charge is 0.211 e. The molecule has 1 aromatic rings. The molecule has 1 amide bonds. The zero-order valence-electron chi connectivity index (χ0n) is 5.65. The van der Waals surface area contributed by atoms with Crippen LogP contribution >= 0.6 is 0 Å². The zero-order chi connectivity index (χ0) is 8.10. The van der Waals surface area contributed by atoms with Crippen LogP contribution in [-0.4, -0.2) is 17.7 Å². The van der Waals surface area contributed by atoms with Crippen molar-refractivity contribution in [1.29, 1.82) is 0 Å². The molecule has 0 spiro atoms. The summed E-state index contributed by atoms with van der Waals surface area (Å²) < 4.78 is 0. The van der Waals surface area contributed by atoms with Gasteiger partial charge in [0.2, 0.25) is 6.41 Å². The minimum atomic E-state index is 0.349. The van der Waals surface area contributed by atoms with Crippen molar-refractivity contribution in [2.75, 3.05) is 5.32 Å². The highest BCUT2D eigenvalue weighted by Crippen LogP contribution is 2.02. The summed E-state index contributed by atoms with van der Waals surface area (Å²) in [5, 5.41) is 2.40. The van der Waals surface area contributed by atoms with E-state index in [-0.39, 0.29) is 0 Å². The maximum absolute atomic E-state index is 10.1. The number of carbonyl (C=O) groups excluding carboxylic acids is 2. The number of aromatic nitrogens is 1. The molecule has 11 heavy (non-hydrogen) atoms. The van der Waals surface area contributed by atoms with E-state index in [0.29, 0.717) is 24.1 Å². The van der Waals surface area contributed by atoms with Crippen LogP contribution in [0, 0.1) is 0 Å².